The SMILES string of the molecule is CC(=O)OC1CCC2C(CCC3C2CCC2C3CCC3CCCC32C(=O)N2CCCC2)C1. The van der Waals surface area contributed by atoms with Crippen molar-refractivity contribution in [2.75, 3.05) is 13.1 Å². The van der Waals surface area contributed by atoms with Gasteiger partial charge >= 0.3 is 5.97 Å². The smallest absolute Gasteiger partial charge is 0.302 e. The van der Waals surface area contributed by atoms with Crippen molar-refractivity contribution in [1.82, 2.24) is 4.90 Å². The van der Waals surface area contributed by atoms with Crippen molar-refractivity contribution >= 4 is 11.9 Å². The molecule has 32 heavy (non-hydrogen) atoms. The second kappa shape index (κ2) is 8.31. The zero-order valence-corrected chi connectivity index (χ0v) is 20.1. The number of rotatable bonds is 2. The van der Waals surface area contributed by atoms with Gasteiger partial charge < -0.3 is 9.64 Å². The van der Waals surface area contributed by atoms with Crippen molar-refractivity contribution < 1.29 is 14.3 Å². The molecule has 1 heterocycles. The summed E-state index contributed by atoms with van der Waals surface area (Å²) in [4.78, 5) is 27.8. The molecule has 0 aromatic rings. The number of ether oxygens (including phenoxy) is 1. The highest BCUT2D eigenvalue weighted by Crippen LogP contribution is 2.66. The first-order valence-electron chi connectivity index (χ1n) is 14.0. The molecule has 4 heteroatoms. The van der Waals surface area contributed by atoms with Gasteiger partial charge in [0.1, 0.15) is 6.10 Å². The number of fused-ring (bicyclic) bond motifs is 7. The van der Waals surface area contributed by atoms with Crippen LogP contribution in [0.4, 0.5) is 0 Å². The molecule has 5 saturated carbocycles. The third-order valence-electron chi connectivity index (χ3n) is 11.3. The zero-order chi connectivity index (χ0) is 21.9. The van der Waals surface area contributed by atoms with Crippen LogP contribution in [0.3, 0.4) is 0 Å². The Balaban J connectivity index is 1.22. The summed E-state index contributed by atoms with van der Waals surface area (Å²) in [7, 11) is 0. The highest BCUT2D eigenvalue weighted by Gasteiger charge is 2.62. The summed E-state index contributed by atoms with van der Waals surface area (Å²) in [6, 6.07) is 0. The molecule has 0 bridgehead atoms. The number of likely N-dealkylation sites (tertiary alicyclic amines) is 1. The Labute approximate surface area is 194 Å². The molecule has 0 aromatic heterocycles. The third-order valence-corrected chi connectivity index (χ3v) is 11.3. The van der Waals surface area contributed by atoms with E-state index in [4.69, 9.17) is 4.74 Å². The van der Waals surface area contributed by atoms with Crippen LogP contribution >= 0.6 is 0 Å². The number of carbonyl (C=O) groups excluding carboxylic acids is 2. The number of esters is 1. The summed E-state index contributed by atoms with van der Waals surface area (Å²) in [5.74, 6) is 5.92. The van der Waals surface area contributed by atoms with Gasteiger partial charge in [-0.25, -0.2) is 0 Å². The van der Waals surface area contributed by atoms with Gasteiger partial charge in [-0.3, -0.25) is 9.59 Å². The van der Waals surface area contributed by atoms with Gasteiger partial charge in [0.05, 0.1) is 5.41 Å². The van der Waals surface area contributed by atoms with Gasteiger partial charge in [-0.05, 0) is 125 Å². The number of amides is 1. The normalized spacial score (nSPS) is 47.7. The monoisotopic (exact) mass is 441 g/mol. The van der Waals surface area contributed by atoms with E-state index in [0.717, 1.165) is 55.5 Å². The highest BCUT2D eigenvalue weighted by molar-refractivity contribution is 5.84. The lowest BCUT2D eigenvalue weighted by molar-refractivity contribution is -0.165. The Morgan fingerprint density at radius 1 is 0.781 bits per heavy atom. The van der Waals surface area contributed by atoms with Gasteiger partial charge in [0, 0.05) is 20.0 Å². The third kappa shape index (κ3) is 3.28. The van der Waals surface area contributed by atoms with E-state index in [1.54, 1.807) is 6.92 Å². The molecule has 9 unspecified atom stereocenters. The highest BCUT2D eigenvalue weighted by atomic mass is 16.5. The summed E-state index contributed by atoms with van der Waals surface area (Å²) in [5.41, 5.74) is 0.00205. The molecule has 9 atom stereocenters. The molecule has 6 fully saturated rings. The van der Waals surface area contributed by atoms with E-state index < -0.39 is 0 Å². The molecule has 1 saturated heterocycles. The molecule has 1 aliphatic heterocycles. The lowest BCUT2D eigenvalue weighted by Crippen LogP contribution is -2.58. The number of carbonyl (C=O) groups is 2. The van der Waals surface area contributed by atoms with Crippen LogP contribution in [0.25, 0.3) is 0 Å². The minimum atomic E-state index is -0.107. The predicted molar refractivity (Wildman–Crippen MR) is 124 cm³/mol. The summed E-state index contributed by atoms with van der Waals surface area (Å²) in [6.07, 6.45) is 17.8. The fraction of sp³-hybridized carbons (Fsp3) is 0.929. The second-order valence-electron chi connectivity index (χ2n) is 12.4. The van der Waals surface area contributed by atoms with Crippen LogP contribution in [-0.2, 0) is 14.3 Å². The summed E-state index contributed by atoms with van der Waals surface area (Å²) in [5, 5.41) is 0. The molecule has 0 N–H and O–H groups in total. The van der Waals surface area contributed by atoms with Crippen LogP contribution in [0, 0.1) is 46.8 Å². The van der Waals surface area contributed by atoms with Crippen LogP contribution in [0.1, 0.15) is 96.8 Å². The van der Waals surface area contributed by atoms with Crippen LogP contribution in [0.2, 0.25) is 0 Å². The van der Waals surface area contributed by atoms with E-state index in [0.29, 0.717) is 17.7 Å². The van der Waals surface area contributed by atoms with Gasteiger partial charge in [-0.15, -0.1) is 0 Å². The fourth-order valence-electron chi connectivity index (χ4n) is 10.4. The van der Waals surface area contributed by atoms with E-state index in [9.17, 15) is 9.59 Å². The quantitative estimate of drug-likeness (QED) is 0.525. The van der Waals surface area contributed by atoms with Crippen LogP contribution < -0.4 is 0 Å². The number of hydrogen-bond acceptors (Lipinski definition) is 3. The van der Waals surface area contributed by atoms with Crippen LogP contribution in [-0.4, -0.2) is 36.0 Å². The van der Waals surface area contributed by atoms with Gasteiger partial charge in [0.2, 0.25) is 5.91 Å². The lowest BCUT2D eigenvalue weighted by Gasteiger charge is -2.59. The van der Waals surface area contributed by atoms with Crippen LogP contribution in [0.5, 0.6) is 0 Å². The molecule has 6 aliphatic rings. The lowest BCUT2D eigenvalue weighted by atomic mass is 9.45. The standard InChI is InChI=1S/C28H43NO3/c1-18(30)32-21-8-11-22-19(17-21)6-9-24-23(22)12-13-26-25(24)10-7-20-5-4-14-28(20,26)27(31)29-15-2-3-16-29/h19-26H,2-17H2,1H3. The predicted octanol–water partition coefficient (Wildman–Crippen LogP) is 5.59. The molecule has 5 aliphatic carbocycles. The minimum Gasteiger partial charge on any atom is -0.463 e. The Hall–Kier alpha value is -1.06. The average Bonchev–Trinajstić information content (AvgIpc) is 3.48. The van der Waals surface area contributed by atoms with Gasteiger partial charge in [0.15, 0.2) is 0 Å². The summed E-state index contributed by atoms with van der Waals surface area (Å²) >= 11 is 0. The Morgan fingerprint density at radius 2 is 1.50 bits per heavy atom. The number of nitrogens with zero attached hydrogens (tertiary/aromatic N) is 1. The molecule has 6 rings (SSSR count). The molecule has 4 nitrogen and oxygen atoms in total. The first kappa shape index (κ1) is 21.5. The van der Waals surface area contributed by atoms with E-state index in [-0.39, 0.29) is 17.5 Å². The van der Waals surface area contributed by atoms with Gasteiger partial charge in [-0.1, -0.05) is 6.42 Å². The summed E-state index contributed by atoms with van der Waals surface area (Å²) < 4.78 is 5.62. The Bertz CT molecular complexity index is 745. The molecular formula is C28H43NO3. The van der Waals surface area contributed by atoms with Crippen molar-refractivity contribution in [3.8, 4) is 0 Å². The fourth-order valence-corrected chi connectivity index (χ4v) is 10.4. The van der Waals surface area contributed by atoms with E-state index in [1.165, 1.54) is 77.0 Å². The molecule has 0 spiro atoms. The van der Waals surface area contributed by atoms with Gasteiger partial charge in [0.25, 0.3) is 0 Å². The van der Waals surface area contributed by atoms with Crippen molar-refractivity contribution in [3.63, 3.8) is 0 Å². The maximum Gasteiger partial charge on any atom is 0.302 e. The van der Waals surface area contributed by atoms with E-state index in [2.05, 4.69) is 4.90 Å². The molecule has 0 radical (unpaired) electrons. The topological polar surface area (TPSA) is 46.6 Å². The molecule has 0 aromatic carbocycles. The van der Waals surface area contributed by atoms with Crippen molar-refractivity contribution in [2.24, 2.45) is 46.8 Å². The minimum absolute atomic E-state index is 0.00205. The zero-order valence-electron chi connectivity index (χ0n) is 20.1. The Kier molecular flexibility index (Phi) is 5.57. The maximum atomic E-state index is 14.1. The number of hydrogen-bond donors (Lipinski definition) is 0. The molecule has 1 amide bonds. The summed E-state index contributed by atoms with van der Waals surface area (Å²) in [6.45, 7) is 3.59. The average molecular weight is 442 g/mol. The van der Waals surface area contributed by atoms with Crippen molar-refractivity contribution in [3.05, 3.63) is 0 Å². The van der Waals surface area contributed by atoms with E-state index >= 15 is 0 Å². The molecule has 178 valence electrons. The van der Waals surface area contributed by atoms with Crippen molar-refractivity contribution in [2.45, 2.75) is 103 Å². The van der Waals surface area contributed by atoms with Crippen molar-refractivity contribution in [1.29, 1.82) is 0 Å². The maximum absolute atomic E-state index is 14.1. The largest absolute Gasteiger partial charge is 0.463 e. The first-order valence-corrected chi connectivity index (χ1v) is 14.0. The van der Waals surface area contributed by atoms with E-state index in [1.807, 2.05) is 0 Å². The first-order chi connectivity index (χ1) is 15.6. The second-order valence-corrected chi connectivity index (χ2v) is 12.4. The Morgan fingerprint density at radius 3 is 2.31 bits per heavy atom. The molecular weight excluding hydrogens is 398 g/mol. The van der Waals surface area contributed by atoms with Gasteiger partial charge in [-0.2, -0.15) is 0 Å². The van der Waals surface area contributed by atoms with Crippen LogP contribution in [0.15, 0.2) is 0 Å².